The fourth-order valence-corrected chi connectivity index (χ4v) is 2.81. The van der Waals surface area contributed by atoms with Crippen LogP contribution in [0.15, 0.2) is 42.7 Å². The first-order valence-electron chi connectivity index (χ1n) is 8.84. The van der Waals surface area contributed by atoms with Crippen LogP contribution < -0.4 is 10.6 Å². The van der Waals surface area contributed by atoms with E-state index in [1.807, 2.05) is 24.4 Å². The Morgan fingerprint density at radius 1 is 1.22 bits per heavy atom. The number of carbonyl (C=O) groups is 2. The van der Waals surface area contributed by atoms with Crippen molar-refractivity contribution in [3.63, 3.8) is 0 Å². The molecule has 2 aromatic heterocycles. The van der Waals surface area contributed by atoms with E-state index in [0.717, 1.165) is 18.4 Å². The highest BCUT2D eigenvalue weighted by molar-refractivity contribution is 6.39. The Labute approximate surface area is 156 Å². The number of benzene rings is 1. The van der Waals surface area contributed by atoms with E-state index in [1.54, 1.807) is 24.1 Å². The van der Waals surface area contributed by atoms with Crippen molar-refractivity contribution in [1.29, 1.82) is 0 Å². The Balaban J connectivity index is 1.41. The number of nitrogens with one attached hydrogen (secondary N) is 3. The number of aryl methyl sites for hydroxylation is 1. The molecule has 0 atom stereocenters. The van der Waals surface area contributed by atoms with E-state index in [4.69, 9.17) is 4.74 Å². The van der Waals surface area contributed by atoms with E-state index in [-0.39, 0.29) is 0 Å². The zero-order valence-corrected chi connectivity index (χ0v) is 15.2. The van der Waals surface area contributed by atoms with Crippen LogP contribution in [0.4, 0.5) is 5.82 Å². The third-order valence-corrected chi connectivity index (χ3v) is 4.20. The zero-order valence-electron chi connectivity index (χ0n) is 15.2. The Bertz CT molecular complexity index is 915. The number of methoxy groups -OCH3 is 1. The SMILES string of the molecule is COCCn1ccc(NC(=O)C(=O)NCCCc2c[nH]c3ccccc23)n1. The summed E-state index contributed by atoms with van der Waals surface area (Å²) in [6.07, 6.45) is 5.26. The van der Waals surface area contributed by atoms with E-state index in [0.29, 0.717) is 25.5 Å². The van der Waals surface area contributed by atoms with Gasteiger partial charge in [-0.05, 0) is 24.5 Å². The Morgan fingerprint density at radius 3 is 2.93 bits per heavy atom. The Kier molecular flexibility index (Phi) is 6.22. The fraction of sp³-hybridized carbons (Fsp3) is 0.316. The minimum Gasteiger partial charge on any atom is -0.383 e. The maximum atomic E-state index is 11.9. The molecule has 0 aliphatic rings. The molecule has 0 fully saturated rings. The number of hydrogen-bond donors (Lipinski definition) is 3. The number of aromatic nitrogens is 3. The predicted molar refractivity (Wildman–Crippen MR) is 102 cm³/mol. The normalized spacial score (nSPS) is 10.9. The number of para-hydroxylation sites is 1. The molecule has 0 saturated heterocycles. The molecule has 0 radical (unpaired) electrons. The van der Waals surface area contributed by atoms with Gasteiger partial charge < -0.3 is 20.4 Å². The third kappa shape index (κ3) is 4.95. The first-order chi connectivity index (χ1) is 13.2. The van der Waals surface area contributed by atoms with Gasteiger partial charge in [0.15, 0.2) is 5.82 Å². The van der Waals surface area contributed by atoms with E-state index in [9.17, 15) is 9.59 Å². The summed E-state index contributed by atoms with van der Waals surface area (Å²) in [6, 6.07) is 9.73. The van der Waals surface area contributed by atoms with Crippen molar-refractivity contribution in [2.75, 3.05) is 25.6 Å². The van der Waals surface area contributed by atoms with Crippen molar-refractivity contribution < 1.29 is 14.3 Å². The largest absolute Gasteiger partial charge is 0.383 e. The molecule has 0 saturated carbocycles. The monoisotopic (exact) mass is 369 g/mol. The van der Waals surface area contributed by atoms with Gasteiger partial charge in [-0.1, -0.05) is 18.2 Å². The lowest BCUT2D eigenvalue weighted by molar-refractivity contribution is -0.136. The molecule has 0 aliphatic carbocycles. The molecule has 8 heteroatoms. The summed E-state index contributed by atoms with van der Waals surface area (Å²) in [4.78, 5) is 27.1. The van der Waals surface area contributed by atoms with Crippen molar-refractivity contribution in [1.82, 2.24) is 20.1 Å². The minimum atomic E-state index is -0.723. The second-order valence-corrected chi connectivity index (χ2v) is 6.13. The van der Waals surface area contributed by atoms with Gasteiger partial charge in [-0.25, -0.2) is 0 Å². The Hall–Kier alpha value is -3.13. The average Bonchev–Trinajstić information content (AvgIpc) is 3.30. The minimum absolute atomic E-state index is 0.338. The molecule has 3 N–H and O–H groups in total. The highest BCUT2D eigenvalue weighted by atomic mass is 16.5. The number of anilines is 1. The lowest BCUT2D eigenvalue weighted by atomic mass is 10.1. The van der Waals surface area contributed by atoms with Crippen LogP contribution in [-0.4, -0.2) is 46.8 Å². The van der Waals surface area contributed by atoms with Crippen LogP contribution in [0.2, 0.25) is 0 Å². The van der Waals surface area contributed by atoms with Crippen LogP contribution in [-0.2, 0) is 27.3 Å². The number of ether oxygens (including phenoxy) is 1. The summed E-state index contributed by atoms with van der Waals surface area (Å²) >= 11 is 0. The summed E-state index contributed by atoms with van der Waals surface area (Å²) in [5.41, 5.74) is 2.30. The van der Waals surface area contributed by atoms with Crippen molar-refractivity contribution in [2.45, 2.75) is 19.4 Å². The number of carbonyl (C=O) groups excluding carboxylic acids is 2. The van der Waals surface area contributed by atoms with E-state index < -0.39 is 11.8 Å². The van der Waals surface area contributed by atoms with Crippen LogP contribution in [0.5, 0.6) is 0 Å². The molecule has 2 amide bonds. The second-order valence-electron chi connectivity index (χ2n) is 6.13. The maximum Gasteiger partial charge on any atom is 0.314 e. The third-order valence-electron chi connectivity index (χ3n) is 4.20. The summed E-state index contributed by atoms with van der Waals surface area (Å²) in [5, 5.41) is 10.5. The predicted octanol–water partition coefficient (Wildman–Crippen LogP) is 1.70. The van der Waals surface area contributed by atoms with Gasteiger partial charge in [-0.3, -0.25) is 14.3 Å². The topological polar surface area (TPSA) is 101 Å². The van der Waals surface area contributed by atoms with Crippen molar-refractivity contribution >= 4 is 28.5 Å². The second kappa shape index (κ2) is 9.00. The number of fused-ring (bicyclic) bond motifs is 1. The molecular formula is C19H23N5O3. The van der Waals surface area contributed by atoms with E-state index in [2.05, 4.69) is 26.8 Å². The summed E-state index contributed by atoms with van der Waals surface area (Å²) in [6.45, 7) is 1.52. The number of rotatable bonds is 8. The molecule has 3 aromatic rings. The first kappa shape index (κ1) is 18.7. The molecule has 0 aliphatic heterocycles. The number of aromatic amines is 1. The number of nitrogens with zero attached hydrogens (tertiary/aromatic N) is 2. The van der Waals surface area contributed by atoms with Gasteiger partial charge in [0.1, 0.15) is 0 Å². The molecule has 0 bridgehead atoms. The van der Waals surface area contributed by atoms with E-state index >= 15 is 0 Å². The summed E-state index contributed by atoms with van der Waals surface area (Å²) in [5.74, 6) is -1.05. The van der Waals surface area contributed by atoms with Crippen molar-refractivity contribution in [3.05, 3.63) is 48.3 Å². The van der Waals surface area contributed by atoms with Crippen molar-refractivity contribution in [2.24, 2.45) is 0 Å². The number of hydrogen-bond acceptors (Lipinski definition) is 4. The molecule has 1 aromatic carbocycles. The van der Waals surface area contributed by atoms with Crippen molar-refractivity contribution in [3.8, 4) is 0 Å². The zero-order chi connectivity index (χ0) is 19.1. The number of H-pyrrole nitrogens is 1. The van der Waals surface area contributed by atoms with Crippen LogP contribution in [0.3, 0.4) is 0 Å². The average molecular weight is 369 g/mol. The fourth-order valence-electron chi connectivity index (χ4n) is 2.81. The van der Waals surface area contributed by atoms with Crippen LogP contribution in [0, 0.1) is 0 Å². The quantitative estimate of drug-likeness (QED) is 0.415. The smallest absolute Gasteiger partial charge is 0.314 e. The molecule has 0 spiro atoms. The summed E-state index contributed by atoms with van der Waals surface area (Å²) in [7, 11) is 1.61. The first-order valence-corrected chi connectivity index (χ1v) is 8.84. The Morgan fingerprint density at radius 2 is 2.07 bits per heavy atom. The van der Waals surface area contributed by atoms with E-state index in [1.165, 1.54) is 10.9 Å². The molecule has 3 rings (SSSR count). The van der Waals surface area contributed by atoms with Crippen LogP contribution in [0.25, 0.3) is 10.9 Å². The number of amides is 2. The van der Waals surface area contributed by atoms with Gasteiger partial charge in [0, 0.05) is 43.0 Å². The highest BCUT2D eigenvalue weighted by Crippen LogP contribution is 2.18. The highest BCUT2D eigenvalue weighted by Gasteiger charge is 2.14. The molecule has 0 unspecified atom stereocenters. The molecule has 2 heterocycles. The molecule has 8 nitrogen and oxygen atoms in total. The summed E-state index contributed by atoms with van der Waals surface area (Å²) < 4.78 is 6.60. The molecule has 142 valence electrons. The lowest BCUT2D eigenvalue weighted by Gasteiger charge is -2.05. The van der Waals surface area contributed by atoms with Gasteiger partial charge in [0.25, 0.3) is 0 Å². The maximum absolute atomic E-state index is 11.9. The van der Waals surface area contributed by atoms with Gasteiger partial charge in [0.05, 0.1) is 13.2 Å². The van der Waals surface area contributed by atoms with Gasteiger partial charge >= 0.3 is 11.8 Å². The van der Waals surface area contributed by atoms with Gasteiger partial charge in [-0.2, -0.15) is 5.10 Å². The van der Waals surface area contributed by atoms with Crippen LogP contribution in [0.1, 0.15) is 12.0 Å². The molecule has 27 heavy (non-hydrogen) atoms. The van der Waals surface area contributed by atoms with Gasteiger partial charge in [-0.15, -0.1) is 0 Å². The lowest BCUT2D eigenvalue weighted by Crippen LogP contribution is -2.36. The standard InChI is InChI=1S/C19H23N5O3/c1-27-12-11-24-10-8-17(23-24)22-19(26)18(25)20-9-4-5-14-13-21-16-7-3-2-6-15(14)16/h2-3,6-8,10,13,21H,4-5,9,11-12H2,1H3,(H,20,25)(H,22,23,26). The van der Waals surface area contributed by atoms with Gasteiger partial charge in [0.2, 0.25) is 0 Å². The van der Waals surface area contributed by atoms with Crippen LogP contribution >= 0.6 is 0 Å². The molecular weight excluding hydrogens is 346 g/mol.